The molecule has 0 aromatic heterocycles. The quantitative estimate of drug-likeness (QED) is 0.0888. The summed E-state index contributed by atoms with van der Waals surface area (Å²) in [5.41, 5.74) is 27.8. The van der Waals surface area contributed by atoms with E-state index in [4.69, 9.17) is 0 Å². The molecule has 0 unspecified atom stereocenters. The summed E-state index contributed by atoms with van der Waals surface area (Å²) in [5.74, 6) is 2.57. The molecule has 0 saturated heterocycles. The lowest BCUT2D eigenvalue weighted by Crippen LogP contribution is -2.06. The minimum absolute atomic E-state index is 0.277. The Labute approximate surface area is 492 Å². The monoisotopic (exact) mass is 1080 g/mol. The second kappa shape index (κ2) is 24.0. The van der Waals surface area contributed by atoms with Crippen LogP contribution < -0.4 is 10.6 Å². The summed E-state index contributed by atoms with van der Waals surface area (Å²) in [6.45, 7) is 37.4. The Balaban J connectivity index is 1.34. The summed E-state index contributed by atoms with van der Waals surface area (Å²) in [6.07, 6.45) is 0. The van der Waals surface area contributed by atoms with Gasteiger partial charge in [-0.15, -0.1) is 0 Å². The van der Waals surface area contributed by atoms with E-state index in [0.717, 1.165) is 11.4 Å². The second-order valence-corrected chi connectivity index (χ2v) is 25.8. The molecule has 0 radical (unpaired) electrons. The van der Waals surface area contributed by atoms with Gasteiger partial charge in [-0.2, -0.15) is 0 Å². The molecule has 0 bridgehead atoms. The molecule has 0 saturated carbocycles. The largest absolute Gasteiger partial charge is 0.355 e. The SMILES string of the molecule is CC(C)c1cccc(C(C)C)c1Nc1cc(-c2cccc(-c3cc(Nc4c(C(C)C)cccc4C(C)C)cc(-c4c(C(C)C)cccc4C(C)C)c3-c3c4ccccc4cc4ccccc34)c2)cc(-c2c(C(C)C)cccc2C(C)C)c1. The molecule has 2 heteroatoms. The number of hydrogen-bond acceptors (Lipinski definition) is 2. The third-order valence-corrected chi connectivity index (χ3v) is 17.2. The zero-order valence-electron chi connectivity index (χ0n) is 51.9. The van der Waals surface area contributed by atoms with Gasteiger partial charge in [0, 0.05) is 22.7 Å². The van der Waals surface area contributed by atoms with Crippen LogP contribution in [0, 0.1) is 0 Å². The van der Waals surface area contributed by atoms with Crippen molar-refractivity contribution in [3.63, 3.8) is 0 Å². The zero-order chi connectivity index (χ0) is 58.3. The fourth-order valence-electron chi connectivity index (χ4n) is 13.0. The topological polar surface area (TPSA) is 24.1 Å². The summed E-state index contributed by atoms with van der Waals surface area (Å²) >= 11 is 0. The second-order valence-electron chi connectivity index (χ2n) is 25.8. The van der Waals surface area contributed by atoms with E-state index in [9.17, 15) is 0 Å². The Kier molecular flexibility index (Phi) is 16.9. The van der Waals surface area contributed by atoms with Crippen molar-refractivity contribution in [1.29, 1.82) is 0 Å². The highest BCUT2D eigenvalue weighted by Crippen LogP contribution is 2.52. The normalized spacial score (nSPS) is 12.0. The van der Waals surface area contributed by atoms with Crippen molar-refractivity contribution in [3.05, 3.63) is 226 Å². The third kappa shape index (κ3) is 11.3. The molecule has 10 aromatic rings. The van der Waals surface area contributed by atoms with Crippen molar-refractivity contribution >= 4 is 44.3 Å². The highest BCUT2D eigenvalue weighted by Gasteiger charge is 2.27. The van der Waals surface area contributed by atoms with Crippen LogP contribution in [-0.2, 0) is 0 Å². The van der Waals surface area contributed by atoms with Crippen molar-refractivity contribution in [3.8, 4) is 55.6 Å². The van der Waals surface area contributed by atoms with Crippen molar-refractivity contribution in [2.45, 2.75) is 158 Å². The molecule has 0 aliphatic carbocycles. The lowest BCUT2D eigenvalue weighted by atomic mass is 9.78. The van der Waals surface area contributed by atoms with E-state index >= 15 is 0 Å². The Morgan fingerprint density at radius 3 is 1.01 bits per heavy atom. The fourth-order valence-corrected chi connectivity index (χ4v) is 13.0. The molecule has 2 nitrogen and oxygen atoms in total. The van der Waals surface area contributed by atoms with Crippen LogP contribution in [0.25, 0.3) is 77.2 Å². The summed E-state index contributed by atoms with van der Waals surface area (Å²) in [7, 11) is 0. The van der Waals surface area contributed by atoms with Gasteiger partial charge in [-0.25, -0.2) is 0 Å². The van der Waals surface area contributed by atoms with Crippen LogP contribution in [0.5, 0.6) is 0 Å². The van der Waals surface area contributed by atoms with E-state index in [1.807, 2.05) is 0 Å². The van der Waals surface area contributed by atoms with Gasteiger partial charge in [0.2, 0.25) is 0 Å². The molecule has 2 N–H and O–H groups in total. The van der Waals surface area contributed by atoms with E-state index in [0.29, 0.717) is 35.5 Å². The molecule has 82 heavy (non-hydrogen) atoms. The average Bonchev–Trinajstić information content (AvgIpc) is 2.46. The minimum Gasteiger partial charge on any atom is -0.355 e. The Bertz CT molecular complexity index is 3790. The Hall–Kier alpha value is -7.68. The van der Waals surface area contributed by atoms with Crippen LogP contribution in [0.3, 0.4) is 0 Å². The van der Waals surface area contributed by atoms with E-state index in [1.54, 1.807) is 0 Å². The zero-order valence-corrected chi connectivity index (χ0v) is 51.9. The maximum Gasteiger partial charge on any atom is 0.0454 e. The lowest BCUT2D eigenvalue weighted by Gasteiger charge is -2.27. The van der Waals surface area contributed by atoms with Gasteiger partial charge in [-0.1, -0.05) is 250 Å². The number of hydrogen-bond donors (Lipinski definition) is 2. The van der Waals surface area contributed by atoms with Crippen molar-refractivity contribution in [2.75, 3.05) is 10.6 Å². The molecular weight excluding hydrogens is 989 g/mol. The van der Waals surface area contributed by atoms with E-state index in [2.05, 4.69) is 303 Å². The van der Waals surface area contributed by atoms with Gasteiger partial charge < -0.3 is 10.6 Å². The van der Waals surface area contributed by atoms with Crippen molar-refractivity contribution in [2.24, 2.45) is 0 Å². The predicted octanol–water partition coefficient (Wildman–Crippen LogP) is 24.8. The molecule has 418 valence electrons. The maximum absolute atomic E-state index is 4.22. The minimum atomic E-state index is 0.277. The summed E-state index contributed by atoms with van der Waals surface area (Å²) in [5, 5.41) is 13.3. The molecule has 0 amide bonds. The van der Waals surface area contributed by atoms with Crippen LogP contribution in [0.1, 0.15) is 203 Å². The van der Waals surface area contributed by atoms with Gasteiger partial charge in [0.05, 0.1) is 0 Å². The van der Waals surface area contributed by atoms with Crippen molar-refractivity contribution in [1.82, 2.24) is 0 Å². The van der Waals surface area contributed by atoms with E-state index in [1.165, 1.54) is 133 Å². The molecule has 0 fully saturated rings. The average molecular weight is 1080 g/mol. The Morgan fingerprint density at radius 1 is 0.232 bits per heavy atom. The maximum atomic E-state index is 4.22. The Morgan fingerprint density at radius 2 is 0.573 bits per heavy atom. The predicted molar refractivity (Wildman–Crippen MR) is 361 cm³/mol. The first-order valence-corrected chi connectivity index (χ1v) is 30.7. The first kappa shape index (κ1) is 57.6. The molecule has 0 atom stereocenters. The third-order valence-electron chi connectivity index (χ3n) is 17.2. The van der Waals surface area contributed by atoms with E-state index < -0.39 is 0 Å². The first-order valence-electron chi connectivity index (χ1n) is 30.7. The van der Waals surface area contributed by atoms with Crippen LogP contribution in [0.4, 0.5) is 22.7 Å². The highest BCUT2D eigenvalue weighted by atomic mass is 14.9. The van der Waals surface area contributed by atoms with Gasteiger partial charge in [0.1, 0.15) is 0 Å². The van der Waals surface area contributed by atoms with Crippen LogP contribution in [0.15, 0.2) is 182 Å². The van der Waals surface area contributed by atoms with Gasteiger partial charge in [0.25, 0.3) is 0 Å². The number of fused-ring (bicyclic) bond motifs is 2. The first-order chi connectivity index (χ1) is 39.3. The van der Waals surface area contributed by atoms with Gasteiger partial charge >= 0.3 is 0 Å². The van der Waals surface area contributed by atoms with Crippen LogP contribution >= 0.6 is 0 Å². The van der Waals surface area contributed by atoms with Gasteiger partial charge in [0.15, 0.2) is 0 Å². The van der Waals surface area contributed by atoms with Gasteiger partial charge in [-0.3, -0.25) is 0 Å². The number of nitrogens with one attached hydrogen (secondary N) is 2. The molecule has 0 aliphatic heterocycles. The van der Waals surface area contributed by atoms with Gasteiger partial charge in [-0.05, 0) is 211 Å². The molecule has 0 aliphatic rings. The number of rotatable bonds is 17. The number of benzene rings is 10. The molecule has 10 rings (SSSR count). The van der Waals surface area contributed by atoms with Crippen LogP contribution in [0.2, 0.25) is 0 Å². The van der Waals surface area contributed by atoms with E-state index in [-0.39, 0.29) is 11.8 Å². The summed E-state index contributed by atoms with van der Waals surface area (Å²) in [4.78, 5) is 0. The number of para-hydroxylation sites is 2. The summed E-state index contributed by atoms with van der Waals surface area (Å²) in [6, 6.07) is 70.0. The fraction of sp³-hybridized carbons (Fsp3) is 0.300. The number of anilines is 4. The van der Waals surface area contributed by atoms with Crippen molar-refractivity contribution < 1.29 is 0 Å². The highest BCUT2D eigenvalue weighted by molar-refractivity contribution is 6.18. The molecule has 0 heterocycles. The van der Waals surface area contributed by atoms with Crippen LogP contribution in [-0.4, -0.2) is 0 Å². The lowest BCUT2D eigenvalue weighted by molar-refractivity contribution is 0.837. The molecule has 10 aromatic carbocycles. The smallest absolute Gasteiger partial charge is 0.0454 e. The summed E-state index contributed by atoms with van der Waals surface area (Å²) < 4.78 is 0. The standard InChI is InChI=1S/C80H88N2/c1-47(2)63-32-22-33-64(48(3)4)75(63)60-42-59(43-61(44-60)81-79-67(51(9)10)36-24-37-68(79)52(11)12)55-28-21-29-58(40-55)73-45-62(82-80-69(53(13)14)38-25-39-70(80)54(15)16)46-74(76-65(49(5)6)34-23-35-66(76)50(7)8)78(73)77-71-30-19-17-26-56(71)41-57-27-18-20-31-72(57)77/h17-54,81-82H,1-16H3. The molecular formula is C80H88N2. The molecule has 0 spiro atoms.